The molecular formula is C10H16. The number of allylic oxidation sites excluding steroid dienone is 2. The van der Waals surface area contributed by atoms with Gasteiger partial charge in [-0.05, 0) is 25.2 Å². The summed E-state index contributed by atoms with van der Waals surface area (Å²) in [6.07, 6.45) is 5.69. The van der Waals surface area contributed by atoms with Crippen LogP contribution in [-0.4, -0.2) is 0 Å². The van der Waals surface area contributed by atoms with Crippen LogP contribution >= 0.6 is 0 Å². The molecule has 0 fully saturated rings. The Kier molecular flexibility index (Phi) is 1.36. The van der Waals surface area contributed by atoms with Gasteiger partial charge in [0.15, 0.2) is 0 Å². The molecule has 0 aliphatic heterocycles. The average molecular weight is 136 g/mol. The van der Waals surface area contributed by atoms with Crippen molar-refractivity contribution in [2.75, 3.05) is 0 Å². The second-order valence-corrected chi connectivity index (χ2v) is 3.76. The monoisotopic (exact) mass is 136 g/mol. The molecule has 0 saturated carbocycles. The number of hydrogen-bond donors (Lipinski definition) is 0. The van der Waals surface area contributed by atoms with E-state index in [2.05, 4.69) is 13.8 Å². The minimum absolute atomic E-state index is 0.951. The maximum absolute atomic E-state index is 2.39. The average Bonchev–Trinajstić information content (AvgIpc) is 2.45. The molecule has 56 valence electrons. The van der Waals surface area contributed by atoms with E-state index in [-0.39, 0.29) is 0 Å². The van der Waals surface area contributed by atoms with Gasteiger partial charge in [-0.15, -0.1) is 0 Å². The van der Waals surface area contributed by atoms with Gasteiger partial charge in [-0.3, -0.25) is 0 Å². The molecule has 0 radical (unpaired) electrons. The van der Waals surface area contributed by atoms with Crippen LogP contribution < -0.4 is 0 Å². The standard InChI is InChI=1S/C10H16/c1-3-4-8-9-6-5-7(2)10(8)9/h7-8H,3-6H2,1-2H3. The summed E-state index contributed by atoms with van der Waals surface area (Å²) in [6, 6.07) is 0. The van der Waals surface area contributed by atoms with Crippen LogP contribution in [0.15, 0.2) is 11.1 Å². The second-order valence-electron chi connectivity index (χ2n) is 3.76. The van der Waals surface area contributed by atoms with E-state index in [0.29, 0.717) is 0 Å². The molecule has 0 aromatic heterocycles. The van der Waals surface area contributed by atoms with Crippen LogP contribution in [0.4, 0.5) is 0 Å². The third-order valence-electron chi connectivity index (χ3n) is 3.04. The van der Waals surface area contributed by atoms with E-state index in [1.165, 1.54) is 25.7 Å². The summed E-state index contributed by atoms with van der Waals surface area (Å²) in [5.41, 5.74) is 3.69. The van der Waals surface area contributed by atoms with Gasteiger partial charge >= 0.3 is 0 Å². The van der Waals surface area contributed by atoms with Crippen molar-refractivity contribution in [3.63, 3.8) is 0 Å². The lowest BCUT2D eigenvalue weighted by Gasteiger charge is -2.09. The van der Waals surface area contributed by atoms with Gasteiger partial charge in [0, 0.05) is 5.92 Å². The number of hydrogen-bond acceptors (Lipinski definition) is 0. The summed E-state index contributed by atoms with van der Waals surface area (Å²) in [5, 5.41) is 0. The minimum Gasteiger partial charge on any atom is -0.0653 e. The Morgan fingerprint density at radius 1 is 1.50 bits per heavy atom. The van der Waals surface area contributed by atoms with E-state index >= 15 is 0 Å². The van der Waals surface area contributed by atoms with Crippen LogP contribution in [0.5, 0.6) is 0 Å². The highest BCUT2D eigenvalue weighted by Crippen LogP contribution is 2.55. The fourth-order valence-electron chi connectivity index (χ4n) is 2.47. The molecule has 0 N–H and O–H groups in total. The van der Waals surface area contributed by atoms with E-state index in [1.807, 2.05) is 11.1 Å². The summed E-state index contributed by atoms with van der Waals surface area (Å²) < 4.78 is 0. The SMILES string of the molecule is CCCC1C2=C1C(C)CC2. The van der Waals surface area contributed by atoms with Crippen molar-refractivity contribution < 1.29 is 0 Å². The molecule has 0 saturated heterocycles. The quantitative estimate of drug-likeness (QED) is 0.511. The minimum atomic E-state index is 0.951. The first-order valence-electron chi connectivity index (χ1n) is 4.57. The molecule has 10 heavy (non-hydrogen) atoms. The summed E-state index contributed by atoms with van der Waals surface area (Å²) in [6.45, 7) is 4.68. The third-order valence-corrected chi connectivity index (χ3v) is 3.04. The molecular weight excluding hydrogens is 120 g/mol. The summed E-state index contributed by atoms with van der Waals surface area (Å²) in [4.78, 5) is 0. The molecule has 0 heterocycles. The first kappa shape index (κ1) is 6.45. The van der Waals surface area contributed by atoms with Crippen molar-refractivity contribution in [3.05, 3.63) is 11.1 Å². The van der Waals surface area contributed by atoms with Crippen molar-refractivity contribution in [3.8, 4) is 0 Å². The Balaban J connectivity index is 1.92. The molecule has 2 unspecified atom stereocenters. The lowest BCUT2D eigenvalue weighted by molar-refractivity contribution is 0.558. The van der Waals surface area contributed by atoms with Crippen molar-refractivity contribution in [1.82, 2.24) is 0 Å². The summed E-state index contributed by atoms with van der Waals surface area (Å²) in [7, 11) is 0. The summed E-state index contributed by atoms with van der Waals surface area (Å²) >= 11 is 0. The maximum atomic E-state index is 2.39. The van der Waals surface area contributed by atoms with Crippen LogP contribution in [0.25, 0.3) is 0 Å². The molecule has 0 bridgehead atoms. The fourth-order valence-corrected chi connectivity index (χ4v) is 2.47. The predicted octanol–water partition coefficient (Wildman–Crippen LogP) is 3.14. The van der Waals surface area contributed by atoms with Crippen molar-refractivity contribution >= 4 is 0 Å². The molecule has 0 nitrogen and oxygen atoms in total. The Morgan fingerprint density at radius 2 is 2.30 bits per heavy atom. The van der Waals surface area contributed by atoms with Gasteiger partial charge in [0.2, 0.25) is 0 Å². The molecule has 2 rings (SSSR count). The van der Waals surface area contributed by atoms with Crippen LogP contribution in [0, 0.1) is 11.8 Å². The summed E-state index contributed by atoms with van der Waals surface area (Å²) in [5.74, 6) is 1.94. The van der Waals surface area contributed by atoms with Gasteiger partial charge in [0.1, 0.15) is 0 Å². The lowest BCUT2D eigenvalue weighted by Crippen LogP contribution is -1.97. The zero-order valence-electron chi connectivity index (χ0n) is 6.98. The molecule has 0 spiro atoms. The molecule has 0 amide bonds. The first-order chi connectivity index (χ1) is 4.84. The molecule has 2 aliphatic rings. The smallest absolute Gasteiger partial charge is 0.00154 e. The second kappa shape index (κ2) is 2.11. The van der Waals surface area contributed by atoms with Gasteiger partial charge in [-0.25, -0.2) is 0 Å². The van der Waals surface area contributed by atoms with Gasteiger partial charge in [0.25, 0.3) is 0 Å². The molecule has 0 aromatic carbocycles. The van der Waals surface area contributed by atoms with Crippen LogP contribution in [0.1, 0.15) is 39.5 Å². The van der Waals surface area contributed by atoms with Crippen molar-refractivity contribution in [2.24, 2.45) is 11.8 Å². The fraction of sp³-hybridized carbons (Fsp3) is 0.800. The highest BCUT2D eigenvalue weighted by Gasteiger charge is 2.42. The molecule has 0 aromatic rings. The van der Waals surface area contributed by atoms with Gasteiger partial charge in [-0.1, -0.05) is 31.4 Å². The lowest BCUT2D eigenvalue weighted by atomic mass is 9.96. The normalized spacial score (nSPS) is 36.6. The molecule has 2 atom stereocenters. The van der Waals surface area contributed by atoms with Crippen molar-refractivity contribution in [1.29, 1.82) is 0 Å². The molecule has 0 heteroatoms. The van der Waals surface area contributed by atoms with Crippen LogP contribution in [-0.2, 0) is 0 Å². The van der Waals surface area contributed by atoms with E-state index in [4.69, 9.17) is 0 Å². The van der Waals surface area contributed by atoms with E-state index in [1.54, 1.807) is 0 Å². The van der Waals surface area contributed by atoms with Gasteiger partial charge in [-0.2, -0.15) is 0 Å². The topological polar surface area (TPSA) is 0 Å². The maximum Gasteiger partial charge on any atom is 0.00154 e. The first-order valence-corrected chi connectivity index (χ1v) is 4.57. The van der Waals surface area contributed by atoms with E-state index in [9.17, 15) is 0 Å². The van der Waals surface area contributed by atoms with Crippen LogP contribution in [0.2, 0.25) is 0 Å². The molecule has 2 aliphatic carbocycles. The van der Waals surface area contributed by atoms with Gasteiger partial charge in [0.05, 0.1) is 0 Å². The van der Waals surface area contributed by atoms with E-state index < -0.39 is 0 Å². The number of rotatable bonds is 2. The zero-order valence-corrected chi connectivity index (χ0v) is 6.98. The Bertz CT molecular complexity index is 176. The van der Waals surface area contributed by atoms with Crippen molar-refractivity contribution in [2.45, 2.75) is 39.5 Å². The predicted molar refractivity (Wildman–Crippen MR) is 43.8 cm³/mol. The zero-order chi connectivity index (χ0) is 7.14. The van der Waals surface area contributed by atoms with Crippen LogP contribution in [0.3, 0.4) is 0 Å². The third kappa shape index (κ3) is 0.744. The highest BCUT2D eigenvalue weighted by molar-refractivity contribution is 5.45. The highest BCUT2D eigenvalue weighted by atomic mass is 14.5. The Hall–Kier alpha value is -0.260. The largest absolute Gasteiger partial charge is 0.0653 e. The Morgan fingerprint density at radius 3 is 2.80 bits per heavy atom. The van der Waals surface area contributed by atoms with E-state index in [0.717, 1.165) is 11.8 Å². The Labute approximate surface area is 63.3 Å². The van der Waals surface area contributed by atoms with Gasteiger partial charge < -0.3 is 0 Å².